The predicted octanol–water partition coefficient (Wildman–Crippen LogP) is 12.0. The summed E-state index contributed by atoms with van der Waals surface area (Å²) in [6.45, 7) is 0. The van der Waals surface area contributed by atoms with Gasteiger partial charge in [0.1, 0.15) is 22.3 Å². The summed E-state index contributed by atoms with van der Waals surface area (Å²) in [6, 6.07) is 51.8. The fraction of sp³-hybridized carbons (Fsp3) is 0. The van der Waals surface area contributed by atoms with Crippen molar-refractivity contribution in [2.24, 2.45) is 0 Å². The molecule has 5 heteroatoms. The van der Waals surface area contributed by atoms with E-state index in [0.717, 1.165) is 94.2 Å². The van der Waals surface area contributed by atoms with Crippen LogP contribution in [0.3, 0.4) is 0 Å². The molecule has 0 aliphatic heterocycles. The number of rotatable bonds is 5. The molecular weight excluding hydrogens is 615 g/mol. The van der Waals surface area contributed by atoms with Gasteiger partial charge in [0.15, 0.2) is 5.82 Å². The Balaban J connectivity index is 1.18. The van der Waals surface area contributed by atoms with Crippen molar-refractivity contribution >= 4 is 43.9 Å². The number of hydrogen-bond donors (Lipinski definition) is 0. The number of nitrogens with zero attached hydrogens (tertiary/aromatic N) is 3. The second-order valence-corrected chi connectivity index (χ2v) is 12.4. The number of hydrogen-bond acceptors (Lipinski definition) is 5. The molecule has 10 rings (SSSR count). The zero-order valence-electron chi connectivity index (χ0n) is 26.7. The molecule has 0 atom stereocenters. The molecule has 0 fully saturated rings. The molecule has 0 amide bonds. The van der Waals surface area contributed by atoms with Gasteiger partial charge in [-0.2, -0.15) is 0 Å². The molecular formula is C45H27N3O2. The third-order valence-corrected chi connectivity index (χ3v) is 9.42. The number of aromatic nitrogens is 3. The summed E-state index contributed by atoms with van der Waals surface area (Å²) in [5.41, 5.74) is 12.2. The molecule has 0 aliphatic carbocycles. The molecule has 10 aromatic rings. The van der Waals surface area contributed by atoms with Crippen LogP contribution in [0.5, 0.6) is 0 Å². The number of pyridine rings is 1. The summed E-state index contributed by atoms with van der Waals surface area (Å²) in [5, 5.41) is 4.29. The zero-order valence-corrected chi connectivity index (χ0v) is 26.7. The molecule has 4 heterocycles. The van der Waals surface area contributed by atoms with E-state index in [1.807, 2.05) is 54.7 Å². The molecule has 0 N–H and O–H groups in total. The highest BCUT2D eigenvalue weighted by Gasteiger charge is 2.20. The van der Waals surface area contributed by atoms with E-state index in [-0.39, 0.29) is 0 Å². The average Bonchev–Trinajstić information content (AvgIpc) is 3.77. The summed E-state index contributed by atoms with van der Waals surface area (Å²) in [7, 11) is 0. The normalized spacial score (nSPS) is 11.6. The lowest BCUT2D eigenvalue weighted by Gasteiger charge is -2.12. The van der Waals surface area contributed by atoms with Gasteiger partial charge in [0.2, 0.25) is 0 Å². The Bertz CT molecular complexity index is 2850. The fourth-order valence-electron chi connectivity index (χ4n) is 6.98. The van der Waals surface area contributed by atoms with Gasteiger partial charge in [-0.1, -0.05) is 109 Å². The van der Waals surface area contributed by atoms with Gasteiger partial charge in [0, 0.05) is 50.6 Å². The van der Waals surface area contributed by atoms with E-state index in [1.54, 1.807) is 6.20 Å². The maximum atomic E-state index is 6.71. The van der Waals surface area contributed by atoms with Crippen LogP contribution in [-0.2, 0) is 0 Å². The predicted molar refractivity (Wildman–Crippen MR) is 202 cm³/mol. The minimum absolute atomic E-state index is 0.643. The molecule has 0 saturated carbocycles. The van der Waals surface area contributed by atoms with Crippen LogP contribution < -0.4 is 0 Å². The van der Waals surface area contributed by atoms with Crippen molar-refractivity contribution in [3.63, 3.8) is 0 Å². The van der Waals surface area contributed by atoms with Gasteiger partial charge in [-0.05, 0) is 64.7 Å². The molecule has 50 heavy (non-hydrogen) atoms. The van der Waals surface area contributed by atoms with Crippen LogP contribution in [0.25, 0.3) is 100 Å². The molecule has 0 aliphatic rings. The van der Waals surface area contributed by atoms with Crippen LogP contribution >= 0.6 is 0 Å². The van der Waals surface area contributed by atoms with Gasteiger partial charge in [-0.3, -0.25) is 4.98 Å². The van der Waals surface area contributed by atoms with Gasteiger partial charge in [0.05, 0.1) is 11.4 Å². The highest BCUT2D eigenvalue weighted by Crippen LogP contribution is 2.43. The van der Waals surface area contributed by atoms with Crippen LogP contribution in [0.15, 0.2) is 173 Å². The second-order valence-electron chi connectivity index (χ2n) is 12.4. The SMILES string of the molecule is c1ccc(-c2cc(-c3ccc(-c4ccc5oc6ccccc6c5c4)c4c3oc3ccccc34)nc(-c3ccc(-c4cccnc4)cc3)n2)cc1. The first kappa shape index (κ1) is 28.2. The molecule has 4 aromatic heterocycles. The smallest absolute Gasteiger partial charge is 0.160 e. The van der Waals surface area contributed by atoms with E-state index in [1.165, 1.54) is 0 Å². The molecule has 0 saturated heterocycles. The first-order valence-corrected chi connectivity index (χ1v) is 16.6. The molecule has 6 aromatic carbocycles. The lowest BCUT2D eigenvalue weighted by atomic mass is 9.95. The van der Waals surface area contributed by atoms with E-state index < -0.39 is 0 Å². The number of fused-ring (bicyclic) bond motifs is 6. The lowest BCUT2D eigenvalue weighted by molar-refractivity contribution is 0.669. The maximum absolute atomic E-state index is 6.71. The van der Waals surface area contributed by atoms with Gasteiger partial charge in [-0.15, -0.1) is 0 Å². The minimum Gasteiger partial charge on any atom is -0.456 e. The van der Waals surface area contributed by atoms with Crippen LogP contribution in [0.4, 0.5) is 0 Å². The van der Waals surface area contributed by atoms with E-state index in [9.17, 15) is 0 Å². The number of para-hydroxylation sites is 2. The van der Waals surface area contributed by atoms with Gasteiger partial charge >= 0.3 is 0 Å². The first-order valence-electron chi connectivity index (χ1n) is 16.6. The van der Waals surface area contributed by atoms with Crippen molar-refractivity contribution < 1.29 is 8.83 Å². The fourth-order valence-corrected chi connectivity index (χ4v) is 6.98. The van der Waals surface area contributed by atoms with Crippen molar-refractivity contribution in [3.8, 4) is 56.2 Å². The van der Waals surface area contributed by atoms with Crippen LogP contribution in [0.1, 0.15) is 0 Å². The van der Waals surface area contributed by atoms with Crippen molar-refractivity contribution in [3.05, 3.63) is 164 Å². The Kier molecular flexibility index (Phi) is 6.42. The van der Waals surface area contributed by atoms with Crippen molar-refractivity contribution in [1.29, 1.82) is 0 Å². The summed E-state index contributed by atoms with van der Waals surface area (Å²) in [5.74, 6) is 0.643. The van der Waals surface area contributed by atoms with Crippen molar-refractivity contribution in [1.82, 2.24) is 15.0 Å². The highest BCUT2D eigenvalue weighted by atomic mass is 16.3. The maximum Gasteiger partial charge on any atom is 0.160 e. The van der Waals surface area contributed by atoms with Crippen molar-refractivity contribution in [2.75, 3.05) is 0 Å². The summed E-state index contributed by atoms with van der Waals surface area (Å²) < 4.78 is 12.9. The van der Waals surface area contributed by atoms with Crippen molar-refractivity contribution in [2.45, 2.75) is 0 Å². The van der Waals surface area contributed by atoms with E-state index in [4.69, 9.17) is 18.8 Å². The third-order valence-electron chi connectivity index (χ3n) is 9.42. The Labute approximate surface area is 287 Å². The summed E-state index contributed by atoms with van der Waals surface area (Å²) in [4.78, 5) is 14.6. The van der Waals surface area contributed by atoms with E-state index >= 15 is 0 Å². The monoisotopic (exact) mass is 641 g/mol. The summed E-state index contributed by atoms with van der Waals surface area (Å²) >= 11 is 0. The number of benzene rings is 6. The molecule has 0 spiro atoms. The van der Waals surface area contributed by atoms with Gasteiger partial charge in [0.25, 0.3) is 0 Å². The van der Waals surface area contributed by atoms with Crippen LogP contribution in [0.2, 0.25) is 0 Å². The Morgan fingerprint density at radius 1 is 0.400 bits per heavy atom. The quantitative estimate of drug-likeness (QED) is 0.187. The Morgan fingerprint density at radius 2 is 1.06 bits per heavy atom. The zero-order chi connectivity index (χ0) is 33.0. The third kappa shape index (κ3) is 4.67. The Hall–Kier alpha value is -6.85. The van der Waals surface area contributed by atoms with E-state index in [0.29, 0.717) is 5.82 Å². The standard InChI is InChI=1S/C45H27N3O2/c1-2-9-29(10-3-1)38-26-39(48-45(47-38)30-18-16-28(17-19-30)32-11-8-24-46-27-32)35-22-21-33(43-36-13-5-7-15-41(36)50-44(35)43)31-20-23-42-37(25-31)34-12-4-6-14-40(34)49-42/h1-27H. The van der Waals surface area contributed by atoms with Gasteiger partial charge in [-0.25, -0.2) is 9.97 Å². The second kappa shape index (κ2) is 11.4. The molecule has 0 bridgehead atoms. The van der Waals surface area contributed by atoms with E-state index in [2.05, 4.69) is 108 Å². The molecule has 5 nitrogen and oxygen atoms in total. The van der Waals surface area contributed by atoms with Crippen LogP contribution in [0, 0.1) is 0 Å². The Morgan fingerprint density at radius 3 is 1.88 bits per heavy atom. The highest BCUT2D eigenvalue weighted by molar-refractivity contribution is 6.17. The van der Waals surface area contributed by atoms with Crippen LogP contribution in [-0.4, -0.2) is 15.0 Å². The average molecular weight is 642 g/mol. The topological polar surface area (TPSA) is 65.0 Å². The first-order chi connectivity index (χ1) is 24.8. The lowest BCUT2D eigenvalue weighted by Crippen LogP contribution is -1.96. The number of furan rings is 2. The molecule has 0 radical (unpaired) electrons. The summed E-state index contributed by atoms with van der Waals surface area (Å²) in [6.07, 6.45) is 3.66. The molecule has 234 valence electrons. The molecule has 0 unspecified atom stereocenters. The largest absolute Gasteiger partial charge is 0.456 e. The minimum atomic E-state index is 0.643. The van der Waals surface area contributed by atoms with Gasteiger partial charge < -0.3 is 8.83 Å².